The van der Waals surface area contributed by atoms with Crippen molar-refractivity contribution in [2.45, 2.75) is 26.4 Å². The summed E-state index contributed by atoms with van der Waals surface area (Å²) >= 11 is 0. The summed E-state index contributed by atoms with van der Waals surface area (Å²) in [6.45, 7) is 2.99. The summed E-state index contributed by atoms with van der Waals surface area (Å²) in [6, 6.07) is 26.9. The average molecular weight is 541 g/mol. The fourth-order valence-electron chi connectivity index (χ4n) is 4.97. The van der Waals surface area contributed by atoms with E-state index in [0.717, 1.165) is 33.9 Å². The van der Waals surface area contributed by atoms with Gasteiger partial charge in [-0.05, 0) is 54.7 Å². The molecule has 4 aromatic rings. The van der Waals surface area contributed by atoms with Gasteiger partial charge in [0, 0.05) is 25.1 Å². The molecule has 2 atom stereocenters. The van der Waals surface area contributed by atoms with Crippen molar-refractivity contribution in [3.05, 3.63) is 108 Å². The molecule has 0 bridgehead atoms. The molecule has 0 unspecified atom stereocenters. The predicted molar refractivity (Wildman–Crippen MR) is 149 cm³/mol. The first-order valence-corrected chi connectivity index (χ1v) is 13.4. The van der Waals surface area contributed by atoms with Crippen LogP contribution in [0.3, 0.4) is 0 Å². The quantitative estimate of drug-likeness (QED) is 0.272. The summed E-state index contributed by atoms with van der Waals surface area (Å²) < 4.78 is 17.2. The number of aliphatic carboxylic acids is 1. The minimum Gasteiger partial charge on any atom is -0.493 e. The number of carbonyl (C=O) groups excluding carboxylic acids is 1. The number of hydrogen-bond donors (Lipinski definition) is 1. The Balaban J connectivity index is 1.12. The molecular weight excluding hydrogens is 508 g/mol. The van der Waals surface area contributed by atoms with Crippen LogP contribution in [0, 0.1) is 18.8 Å². The molecule has 1 amide bonds. The third-order valence-corrected chi connectivity index (χ3v) is 7.16. The highest BCUT2D eigenvalue weighted by molar-refractivity contribution is 5.74. The van der Waals surface area contributed by atoms with Crippen molar-refractivity contribution in [3.8, 4) is 17.2 Å². The zero-order chi connectivity index (χ0) is 27.9. The number of amides is 1. The number of carbonyl (C=O) groups is 2. The second-order valence-corrected chi connectivity index (χ2v) is 9.98. The van der Waals surface area contributed by atoms with E-state index in [4.69, 9.17) is 13.9 Å². The predicted octanol–water partition coefficient (Wildman–Crippen LogP) is 5.78. The van der Waals surface area contributed by atoms with Crippen LogP contribution in [0.15, 0.2) is 89.3 Å². The summed E-state index contributed by atoms with van der Waals surface area (Å²) in [7, 11) is 0. The molecular formula is C32H32N2O6. The van der Waals surface area contributed by atoms with Crippen molar-refractivity contribution in [2.75, 3.05) is 19.7 Å². The second kappa shape index (κ2) is 12.5. The lowest BCUT2D eigenvalue weighted by Gasteiger charge is -2.16. The van der Waals surface area contributed by atoms with Crippen LogP contribution in [0.1, 0.15) is 22.6 Å². The maximum absolute atomic E-state index is 12.6. The van der Waals surface area contributed by atoms with Gasteiger partial charge in [0.15, 0.2) is 0 Å². The fraction of sp³-hybridized carbons (Fsp3) is 0.281. The van der Waals surface area contributed by atoms with Crippen molar-refractivity contribution in [3.63, 3.8) is 0 Å². The second-order valence-electron chi connectivity index (χ2n) is 9.98. The van der Waals surface area contributed by atoms with Crippen LogP contribution in [0.4, 0.5) is 4.79 Å². The van der Waals surface area contributed by atoms with E-state index in [0.29, 0.717) is 31.9 Å². The number of oxazole rings is 1. The lowest BCUT2D eigenvalue weighted by Crippen LogP contribution is -2.30. The molecule has 1 aromatic heterocycles. The number of aryl methyl sites for hydroxylation is 1. The first kappa shape index (κ1) is 27.0. The van der Waals surface area contributed by atoms with Gasteiger partial charge in [0.05, 0.1) is 18.2 Å². The number of carboxylic acids is 1. The zero-order valence-electron chi connectivity index (χ0n) is 22.4. The van der Waals surface area contributed by atoms with Gasteiger partial charge in [-0.1, -0.05) is 60.7 Å². The summed E-state index contributed by atoms with van der Waals surface area (Å²) in [5, 5.41) is 9.78. The van der Waals surface area contributed by atoms with Crippen LogP contribution in [0.25, 0.3) is 11.5 Å². The van der Waals surface area contributed by atoms with E-state index in [9.17, 15) is 14.7 Å². The Kier molecular flexibility index (Phi) is 8.44. The smallest absolute Gasteiger partial charge is 0.410 e. The number of aromatic nitrogens is 1. The Labute approximate surface area is 233 Å². The lowest BCUT2D eigenvalue weighted by atomic mass is 9.90. The van der Waals surface area contributed by atoms with E-state index in [2.05, 4.69) is 4.98 Å². The zero-order valence-corrected chi connectivity index (χ0v) is 22.4. The minimum absolute atomic E-state index is 0.141. The monoisotopic (exact) mass is 540 g/mol. The normalized spacial score (nSPS) is 16.6. The SMILES string of the molecule is Cc1oc(-c2ccccc2)nc1CCOc1ccc(C[C@@H]2CN(C(=O)OCc3ccccc3)C[C@@H]2C(=O)O)cc1. The number of benzene rings is 3. The standard InChI is InChI=1S/C32H32N2O6/c1-22-29(33-30(40-22)25-10-6-3-7-11-25)16-17-38-27-14-12-23(13-15-27)18-26-19-34(20-28(26)31(35)36)32(37)39-21-24-8-4-2-5-9-24/h2-15,26,28H,16-21H2,1H3,(H,35,36)/t26-,28+/m1/s1. The highest BCUT2D eigenvalue weighted by Crippen LogP contribution is 2.29. The molecule has 1 saturated heterocycles. The van der Waals surface area contributed by atoms with Crippen molar-refractivity contribution < 1.29 is 28.6 Å². The molecule has 1 aliphatic heterocycles. The van der Waals surface area contributed by atoms with Gasteiger partial charge < -0.3 is 23.9 Å². The van der Waals surface area contributed by atoms with E-state index in [-0.39, 0.29) is 19.1 Å². The van der Waals surface area contributed by atoms with Crippen molar-refractivity contribution in [1.29, 1.82) is 0 Å². The van der Waals surface area contributed by atoms with Crippen molar-refractivity contribution in [2.24, 2.45) is 11.8 Å². The van der Waals surface area contributed by atoms with Gasteiger partial charge >= 0.3 is 12.1 Å². The van der Waals surface area contributed by atoms with E-state index in [1.165, 1.54) is 4.90 Å². The summed E-state index contributed by atoms with van der Waals surface area (Å²) in [4.78, 5) is 30.7. The van der Waals surface area contributed by atoms with Crippen molar-refractivity contribution >= 4 is 12.1 Å². The van der Waals surface area contributed by atoms with Crippen LogP contribution >= 0.6 is 0 Å². The number of likely N-dealkylation sites (tertiary alicyclic amines) is 1. The molecule has 8 nitrogen and oxygen atoms in total. The molecule has 0 spiro atoms. The largest absolute Gasteiger partial charge is 0.493 e. The summed E-state index contributed by atoms with van der Waals surface area (Å²) in [6.07, 6.45) is 0.669. The Morgan fingerprint density at radius 1 is 0.950 bits per heavy atom. The average Bonchev–Trinajstić information content (AvgIpc) is 3.57. The van der Waals surface area contributed by atoms with Gasteiger partial charge in [-0.3, -0.25) is 4.79 Å². The Morgan fingerprint density at radius 3 is 2.35 bits per heavy atom. The van der Waals surface area contributed by atoms with E-state index in [1.807, 2.05) is 91.9 Å². The number of carboxylic acid groups (broad SMARTS) is 1. The molecule has 0 radical (unpaired) electrons. The Bertz CT molecular complexity index is 1420. The number of hydrogen-bond acceptors (Lipinski definition) is 6. The van der Waals surface area contributed by atoms with Gasteiger partial charge in [0.25, 0.3) is 0 Å². The number of rotatable bonds is 10. The number of ether oxygens (including phenoxy) is 2. The van der Waals surface area contributed by atoms with E-state index in [1.54, 1.807) is 0 Å². The minimum atomic E-state index is -0.901. The van der Waals surface area contributed by atoms with Gasteiger partial charge in [-0.2, -0.15) is 0 Å². The number of nitrogens with zero attached hydrogens (tertiary/aromatic N) is 2. The highest BCUT2D eigenvalue weighted by atomic mass is 16.6. The summed E-state index contributed by atoms with van der Waals surface area (Å²) in [5.74, 6) is 0.351. The van der Waals surface area contributed by atoms with E-state index >= 15 is 0 Å². The third kappa shape index (κ3) is 6.69. The van der Waals surface area contributed by atoms with Gasteiger partial charge in [-0.25, -0.2) is 9.78 Å². The molecule has 40 heavy (non-hydrogen) atoms. The van der Waals surface area contributed by atoms with Crippen LogP contribution in [-0.4, -0.2) is 46.7 Å². The summed E-state index contributed by atoms with van der Waals surface area (Å²) in [5.41, 5.74) is 3.68. The molecule has 1 N–H and O–H groups in total. The van der Waals surface area contributed by atoms with Crippen LogP contribution in [0.2, 0.25) is 0 Å². The fourth-order valence-corrected chi connectivity index (χ4v) is 4.97. The first-order chi connectivity index (χ1) is 19.5. The lowest BCUT2D eigenvalue weighted by molar-refractivity contribution is -0.142. The van der Waals surface area contributed by atoms with Gasteiger partial charge in [-0.15, -0.1) is 0 Å². The van der Waals surface area contributed by atoms with Crippen LogP contribution in [-0.2, 0) is 29.0 Å². The van der Waals surface area contributed by atoms with Crippen LogP contribution < -0.4 is 4.74 Å². The molecule has 0 saturated carbocycles. The van der Waals surface area contributed by atoms with E-state index < -0.39 is 18.0 Å². The first-order valence-electron chi connectivity index (χ1n) is 13.4. The molecule has 1 aliphatic rings. The highest BCUT2D eigenvalue weighted by Gasteiger charge is 2.40. The van der Waals surface area contributed by atoms with Gasteiger partial charge in [0.2, 0.25) is 5.89 Å². The molecule has 2 heterocycles. The topological polar surface area (TPSA) is 102 Å². The Hall–Kier alpha value is -4.59. The van der Waals surface area contributed by atoms with Gasteiger partial charge in [0.1, 0.15) is 18.1 Å². The molecule has 1 fully saturated rings. The molecule has 206 valence electrons. The molecule has 3 aromatic carbocycles. The van der Waals surface area contributed by atoms with Crippen molar-refractivity contribution in [1.82, 2.24) is 9.88 Å². The molecule has 5 rings (SSSR count). The maximum atomic E-state index is 12.6. The third-order valence-electron chi connectivity index (χ3n) is 7.16. The maximum Gasteiger partial charge on any atom is 0.410 e. The molecule has 0 aliphatic carbocycles. The Morgan fingerprint density at radius 2 is 1.65 bits per heavy atom. The molecule has 8 heteroatoms. The van der Waals surface area contributed by atoms with Crippen LogP contribution in [0.5, 0.6) is 5.75 Å².